The normalized spacial score (nSPS) is 16.1. The zero-order valence-corrected chi connectivity index (χ0v) is 11.3. The summed E-state index contributed by atoms with van der Waals surface area (Å²) in [7, 11) is 0. The van der Waals surface area contributed by atoms with Crippen molar-refractivity contribution in [3.05, 3.63) is 53.9 Å². The summed E-state index contributed by atoms with van der Waals surface area (Å²) in [6, 6.07) is 9.38. The Morgan fingerprint density at radius 1 is 1.20 bits per heavy atom. The Morgan fingerprint density at radius 3 is 2.70 bits per heavy atom. The molecule has 1 aromatic carbocycles. The lowest BCUT2D eigenvalue weighted by atomic mass is 9.86. The van der Waals surface area contributed by atoms with Crippen LogP contribution in [0.5, 0.6) is 0 Å². The van der Waals surface area contributed by atoms with Crippen molar-refractivity contribution < 1.29 is 9.59 Å². The summed E-state index contributed by atoms with van der Waals surface area (Å²) in [5, 5.41) is 0. The third-order valence-corrected chi connectivity index (χ3v) is 3.70. The van der Waals surface area contributed by atoms with E-state index in [1.165, 1.54) is 6.20 Å². The van der Waals surface area contributed by atoms with Crippen molar-refractivity contribution in [1.29, 1.82) is 0 Å². The minimum atomic E-state index is -0.576. The molecule has 0 bridgehead atoms. The third kappa shape index (κ3) is 1.65. The zero-order valence-electron chi connectivity index (χ0n) is 11.3. The van der Waals surface area contributed by atoms with Gasteiger partial charge in [0.05, 0.1) is 23.0 Å². The van der Waals surface area contributed by atoms with Gasteiger partial charge in [-0.2, -0.15) is 0 Å². The third-order valence-electron chi connectivity index (χ3n) is 3.70. The van der Waals surface area contributed by atoms with Crippen LogP contribution in [0.1, 0.15) is 29.8 Å². The average molecular weight is 266 g/mol. The fourth-order valence-corrected chi connectivity index (χ4v) is 2.59. The summed E-state index contributed by atoms with van der Waals surface area (Å²) in [6.45, 7) is 3.82. The highest BCUT2D eigenvalue weighted by atomic mass is 16.2. The topological polar surface area (TPSA) is 50.3 Å². The molecule has 1 aromatic heterocycles. The molecule has 0 saturated heterocycles. The molecule has 100 valence electrons. The number of amides is 1. The van der Waals surface area contributed by atoms with E-state index in [2.05, 4.69) is 4.98 Å². The average Bonchev–Trinajstić information content (AvgIpc) is 2.67. The molecule has 0 saturated carbocycles. The van der Waals surface area contributed by atoms with Gasteiger partial charge in [-0.25, -0.2) is 0 Å². The number of rotatable bonds is 2. The molecule has 0 fully saturated rings. The molecule has 0 N–H and O–H groups in total. The lowest BCUT2D eigenvalue weighted by molar-refractivity contribution is -0.121. The van der Waals surface area contributed by atoms with Gasteiger partial charge >= 0.3 is 0 Å². The lowest BCUT2D eigenvalue weighted by Crippen LogP contribution is -2.33. The van der Waals surface area contributed by atoms with Crippen molar-refractivity contribution in [2.24, 2.45) is 0 Å². The van der Waals surface area contributed by atoms with Crippen LogP contribution in [0.25, 0.3) is 0 Å². The van der Waals surface area contributed by atoms with Gasteiger partial charge in [0.15, 0.2) is 6.29 Å². The van der Waals surface area contributed by atoms with E-state index in [0.29, 0.717) is 11.3 Å². The van der Waals surface area contributed by atoms with Gasteiger partial charge in [-0.3, -0.25) is 19.5 Å². The van der Waals surface area contributed by atoms with Crippen LogP contribution < -0.4 is 4.90 Å². The molecule has 2 heterocycles. The van der Waals surface area contributed by atoms with Crippen LogP contribution in [0.2, 0.25) is 0 Å². The van der Waals surface area contributed by atoms with E-state index < -0.39 is 5.41 Å². The highest BCUT2D eigenvalue weighted by Crippen LogP contribution is 2.44. The molecule has 2 aromatic rings. The highest BCUT2D eigenvalue weighted by Gasteiger charge is 2.44. The number of aldehydes is 1. The first-order valence-corrected chi connectivity index (χ1v) is 6.40. The number of fused-ring (bicyclic) bond motifs is 1. The second-order valence-electron chi connectivity index (χ2n) is 5.38. The van der Waals surface area contributed by atoms with Gasteiger partial charge in [-0.15, -0.1) is 0 Å². The van der Waals surface area contributed by atoms with Crippen LogP contribution in [-0.2, 0) is 10.2 Å². The highest BCUT2D eigenvalue weighted by molar-refractivity contribution is 6.12. The maximum absolute atomic E-state index is 12.7. The molecule has 0 spiro atoms. The Balaban J connectivity index is 2.19. The Morgan fingerprint density at radius 2 is 1.95 bits per heavy atom. The number of hydrogen-bond donors (Lipinski definition) is 0. The number of hydrogen-bond acceptors (Lipinski definition) is 3. The molecule has 4 nitrogen and oxygen atoms in total. The second kappa shape index (κ2) is 4.27. The van der Waals surface area contributed by atoms with Crippen LogP contribution in [0.4, 0.5) is 11.4 Å². The predicted molar refractivity (Wildman–Crippen MR) is 76.2 cm³/mol. The van der Waals surface area contributed by atoms with Crippen molar-refractivity contribution >= 4 is 23.6 Å². The molecule has 0 unspecified atom stereocenters. The molecule has 0 radical (unpaired) electrons. The number of carbonyl (C=O) groups excluding carboxylic acids is 2. The monoisotopic (exact) mass is 266 g/mol. The van der Waals surface area contributed by atoms with Crippen molar-refractivity contribution in [3.63, 3.8) is 0 Å². The Hall–Kier alpha value is -2.49. The number of benzene rings is 1. The van der Waals surface area contributed by atoms with Gasteiger partial charge in [0, 0.05) is 11.8 Å². The fourth-order valence-electron chi connectivity index (χ4n) is 2.59. The van der Waals surface area contributed by atoms with E-state index in [4.69, 9.17) is 0 Å². The zero-order chi connectivity index (χ0) is 14.3. The Bertz CT molecular complexity index is 707. The van der Waals surface area contributed by atoms with E-state index in [0.717, 1.165) is 17.5 Å². The summed E-state index contributed by atoms with van der Waals surface area (Å²) >= 11 is 0. The molecule has 1 aliphatic rings. The maximum atomic E-state index is 12.7. The molecule has 0 aliphatic carbocycles. The van der Waals surface area contributed by atoms with Crippen molar-refractivity contribution in [2.45, 2.75) is 19.3 Å². The Kier molecular flexibility index (Phi) is 2.67. The van der Waals surface area contributed by atoms with Gasteiger partial charge in [0.25, 0.3) is 0 Å². The summed E-state index contributed by atoms with van der Waals surface area (Å²) in [4.78, 5) is 29.2. The number of aromatic nitrogens is 1. The summed E-state index contributed by atoms with van der Waals surface area (Å²) < 4.78 is 0. The first-order chi connectivity index (χ1) is 9.55. The maximum Gasteiger partial charge on any atom is 0.241 e. The molecular formula is C16H14N2O2. The molecule has 3 rings (SSSR count). The first-order valence-electron chi connectivity index (χ1n) is 6.40. The van der Waals surface area contributed by atoms with E-state index in [1.807, 2.05) is 38.1 Å². The van der Waals surface area contributed by atoms with E-state index in [9.17, 15) is 9.59 Å². The second-order valence-corrected chi connectivity index (χ2v) is 5.38. The number of para-hydroxylation sites is 1. The fraction of sp³-hybridized carbons (Fsp3) is 0.188. The Labute approximate surface area is 117 Å². The molecule has 4 heteroatoms. The van der Waals surface area contributed by atoms with Crippen molar-refractivity contribution in [3.8, 4) is 0 Å². The van der Waals surface area contributed by atoms with E-state index in [1.54, 1.807) is 17.2 Å². The number of anilines is 2. The molecule has 0 atom stereocenters. The van der Waals surface area contributed by atoms with E-state index in [-0.39, 0.29) is 5.91 Å². The van der Waals surface area contributed by atoms with E-state index >= 15 is 0 Å². The van der Waals surface area contributed by atoms with Gasteiger partial charge in [0.2, 0.25) is 5.91 Å². The smallest absolute Gasteiger partial charge is 0.241 e. The van der Waals surface area contributed by atoms with Gasteiger partial charge < -0.3 is 0 Å². The van der Waals surface area contributed by atoms with Crippen LogP contribution >= 0.6 is 0 Å². The molecule has 1 amide bonds. The lowest BCUT2D eigenvalue weighted by Gasteiger charge is -2.20. The predicted octanol–water partition coefficient (Wildman–Crippen LogP) is 2.85. The molecule has 20 heavy (non-hydrogen) atoms. The molecule has 1 aliphatic heterocycles. The number of pyridine rings is 1. The summed E-state index contributed by atoms with van der Waals surface area (Å²) in [6.07, 6.45) is 3.81. The minimum absolute atomic E-state index is 0.0106. The van der Waals surface area contributed by atoms with Crippen molar-refractivity contribution in [2.75, 3.05) is 4.90 Å². The minimum Gasteiger partial charge on any atom is -0.298 e. The van der Waals surface area contributed by atoms with Gasteiger partial charge in [-0.1, -0.05) is 18.2 Å². The van der Waals surface area contributed by atoms with Crippen LogP contribution in [0.3, 0.4) is 0 Å². The van der Waals surface area contributed by atoms with Crippen LogP contribution in [0.15, 0.2) is 42.7 Å². The summed E-state index contributed by atoms with van der Waals surface area (Å²) in [5.74, 6) is -0.0106. The first kappa shape index (κ1) is 12.5. The standard InChI is InChI=1S/C16H14N2O2/c1-16(2)13-5-3-4-6-14(13)18(15(16)20)12-7-11(10-19)8-17-9-12/h3-10H,1-2H3. The SMILES string of the molecule is CC1(C)C(=O)N(c2cncc(C=O)c2)c2ccccc21. The van der Waals surface area contributed by atoms with Gasteiger partial charge in [-0.05, 0) is 31.5 Å². The quantitative estimate of drug-likeness (QED) is 0.785. The number of nitrogens with zero attached hydrogens (tertiary/aromatic N) is 2. The summed E-state index contributed by atoms with van der Waals surface area (Å²) in [5.41, 5.74) is 2.34. The van der Waals surface area contributed by atoms with Crippen LogP contribution in [0, 0.1) is 0 Å². The largest absolute Gasteiger partial charge is 0.298 e. The van der Waals surface area contributed by atoms with Gasteiger partial charge in [0.1, 0.15) is 0 Å². The van der Waals surface area contributed by atoms with Crippen molar-refractivity contribution in [1.82, 2.24) is 4.98 Å². The van der Waals surface area contributed by atoms with Crippen LogP contribution in [-0.4, -0.2) is 17.2 Å². The number of carbonyl (C=O) groups is 2. The molecular weight excluding hydrogens is 252 g/mol.